The summed E-state index contributed by atoms with van der Waals surface area (Å²) in [6, 6.07) is 54.5. The molecule has 0 amide bonds. The molecular formula is C49H37N3. The van der Waals surface area contributed by atoms with Gasteiger partial charge in [0.1, 0.15) is 0 Å². The van der Waals surface area contributed by atoms with Gasteiger partial charge in [0.25, 0.3) is 0 Å². The van der Waals surface area contributed by atoms with E-state index in [0.29, 0.717) is 17.5 Å². The predicted octanol–water partition coefficient (Wildman–Crippen LogP) is 12.7. The second-order valence-electron chi connectivity index (χ2n) is 15.2. The first kappa shape index (κ1) is 30.6. The number of nitrogens with zero attached hydrogens (tertiary/aromatic N) is 3. The van der Waals surface area contributed by atoms with E-state index in [1.165, 1.54) is 54.6 Å². The van der Waals surface area contributed by atoms with Gasteiger partial charge in [-0.3, -0.25) is 0 Å². The van der Waals surface area contributed by atoms with Crippen LogP contribution in [0.1, 0.15) is 38.8 Å². The summed E-state index contributed by atoms with van der Waals surface area (Å²) in [6.07, 6.45) is 0. The standard InChI is InChI=1S/C49H37N3/c1-48(2)41-20-11-10-18-37(41)38-27-25-34(29-42(38)49(48,3)4)46-50-45(33-14-6-5-7-15-33)51-47(52-46)40-19-12-16-31-21-22-32-24-26-36-35-17-9-8-13-30(35)23-28-39(36)43(32)44(31)40/h5-29H,1-4H3. The Bertz CT molecular complexity index is 2900. The second kappa shape index (κ2) is 11.2. The predicted molar refractivity (Wildman–Crippen MR) is 218 cm³/mol. The Morgan fingerprint density at radius 3 is 1.77 bits per heavy atom. The Balaban J connectivity index is 1.25. The maximum atomic E-state index is 5.34. The van der Waals surface area contributed by atoms with Crippen molar-refractivity contribution in [1.29, 1.82) is 0 Å². The molecule has 0 saturated carbocycles. The van der Waals surface area contributed by atoms with Crippen LogP contribution < -0.4 is 0 Å². The summed E-state index contributed by atoms with van der Waals surface area (Å²) >= 11 is 0. The van der Waals surface area contributed by atoms with E-state index in [0.717, 1.165) is 27.5 Å². The maximum absolute atomic E-state index is 5.34. The average Bonchev–Trinajstić information content (AvgIpc) is 3.19. The van der Waals surface area contributed by atoms with Gasteiger partial charge in [0.15, 0.2) is 17.5 Å². The molecule has 3 nitrogen and oxygen atoms in total. The van der Waals surface area contributed by atoms with Crippen LogP contribution in [0.2, 0.25) is 0 Å². The quantitative estimate of drug-likeness (QED) is 0.176. The number of fused-ring (bicyclic) bond motifs is 10. The van der Waals surface area contributed by atoms with Gasteiger partial charge in [-0.25, -0.2) is 15.0 Å². The number of hydrogen-bond acceptors (Lipinski definition) is 3. The van der Waals surface area contributed by atoms with Gasteiger partial charge < -0.3 is 0 Å². The number of rotatable bonds is 3. The van der Waals surface area contributed by atoms with Crippen LogP contribution in [-0.2, 0) is 10.8 Å². The van der Waals surface area contributed by atoms with Crippen LogP contribution in [0.4, 0.5) is 0 Å². The summed E-state index contributed by atoms with van der Waals surface area (Å²) < 4.78 is 0. The maximum Gasteiger partial charge on any atom is 0.164 e. The van der Waals surface area contributed by atoms with E-state index in [1.807, 2.05) is 18.2 Å². The lowest BCUT2D eigenvalue weighted by Gasteiger charge is -2.48. The summed E-state index contributed by atoms with van der Waals surface area (Å²) in [5, 5.41) is 9.70. The zero-order chi connectivity index (χ0) is 35.2. The first-order chi connectivity index (χ1) is 25.3. The van der Waals surface area contributed by atoms with E-state index in [1.54, 1.807) is 0 Å². The molecule has 0 unspecified atom stereocenters. The summed E-state index contributed by atoms with van der Waals surface area (Å²) in [5.41, 5.74) is 8.02. The van der Waals surface area contributed by atoms with Crippen LogP contribution in [0.5, 0.6) is 0 Å². The van der Waals surface area contributed by atoms with Gasteiger partial charge in [-0.15, -0.1) is 0 Å². The summed E-state index contributed by atoms with van der Waals surface area (Å²) in [5.74, 6) is 2.01. The summed E-state index contributed by atoms with van der Waals surface area (Å²) in [6.45, 7) is 9.48. The molecule has 1 aliphatic carbocycles. The van der Waals surface area contributed by atoms with Crippen molar-refractivity contribution in [1.82, 2.24) is 15.0 Å². The molecule has 0 aliphatic heterocycles. The van der Waals surface area contributed by atoms with E-state index in [4.69, 9.17) is 15.0 Å². The number of hydrogen-bond donors (Lipinski definition) is 0. The minimum Gasteiger partial charge on any atom is -0.208 e. The molecule has 0 N–H and O–H groups in total. The lowest BCUT2D eigenvalue weighted by atomic mass is 9.55. The van der Waals surface area contributed by atoms with Crippen LogP contribution >= 0.6 is 0 Å². The SMILES string of the molecule is CC1(C)c2ccccc2-c2ccc(-c3nc(-c4ccccc4)nc(-c4cccc5ccc6ccc7c8ccccc8ccc7c6c45)n3)cc2C1(C)C. The summed E-state index contributed by atoms with van der Waals surface area (Å²) in [7, 11) is 0. The number of aromatic nitrogens is 3. The van der Waals surface area contributed by atoms with E-state index in [2.05, 4.69) is 161 Å². The van der Waals surface area contributed by atoms with Crippen molar-refractivity contribution >= 4 is 43.1 Å². The molecule has 0 atom stereocenters. The molecule has 1 heterocycles. The van der Waals surface area contributed by atoms with Gasteiger partial charge in [-0.2, -0.15) is 0 Å². The van der Waals surface area contributed by atoms with Crippen LogP contribution in [0.25, 0.3) is 88.4 Å². The van der Waals surface area contributed by atoms with Gasteiger partial charge in [0.05, 0.1) is 0 Å². The smallest absolute Gasteiger partial charge is 0.164 e. The molecular weight excluding hydrogens is 631 g/mol. The molecule has 9 aromatic rings. The highest BCUT2D eigenvalue weighted by atomic mass is 15.0. The molecule has 0 saturated heterocycles. The van der Waals surface area contributed by atoms with E-state index in [-0.39, 0.29) is 10.8 Å². The Kier molecular flexibility index (Phi) is 6.57. The largest absolute Gasteiger partial charge is 0.208 e. The van der Waals surface area contributed by atoms with Gasteiger partial charge >= 0.3 is 0 Å². The monoisotopic (exact) mass is 667 g/mol. The summed E-state index contributed by atoms with van der Waals surface area (Å²) in [4.78, 5) is 15.8. The lowest BCUT2D eigenvalue weighted by molar-refractivity contribution is 0.299. The molecule has 52 heavy (non-hydrogen) atoms. The first-order valence-electron chi connectivity index (χ1n) is 18.1. The lowest BCUT2D eigenvalue weighted by Crippen LogP contribution is -2.43. The Morgan fingerprint density at radius 1 is 0.346 bits per heavy atom. The van der Waals surface area contributed by atoms with Crippen LogP contribution in [0, 0.1) is 0 Å². The van der Waals surface area contributed by atoms with Crippen molar-refractivity contribution in [3.8, 4) is 45.3 Å². The third-order valence-electron chi connectivity index (χ3n) is 12.1. The third-order valence-corrected chi connectivity index (χ3v) is 12.1. The fraction of sp³-hybridized carbons (Fsp3) is 0.122. The molecule has 1 aromatic heterocycles. The van der Waals surface area contributed by atoms with Gasteiger partial charge in [0.2, 0.25) is 0 Å². The highest BCUT2D eigenvalue weighted by Crippen LogP contribution is 2.54. The van der Waals surface area contributed by atoms with Crippen molar-refractivity contribution in [2.45, 2.75) is 38.5 Å². The van der Waals surface area contributed by atoms with Crippen molar-refractivity contribution in [2.24, 2.45) is 0 Å². The van der Waals surface area contributed by atoms with Crippen molar-refractivity contribution in [2.75, 3.05) is 0 Å². The third kappa shape index (κ3) is 4.42. The zero-order valence-corrected chi connectivity index (χ0v) is 29.8. The van der Waals surface area contributed by atoms with Gasteiger partial charge in [-0.05, 0) is 76.9 Å². The Morgan fingerprint density at radius 2 is 0.923 bits per heavy atom. The van der Waals surface area contributed by atoms with Crippen LogP contribution in [-0.4, -0.2) is 15.0 Å². The van der Waals surface area contributed by atoms with Gasteiger partial charge in [-0.1, -0.05) is 173 Å². The topological polar surface area (TPSA) is 38.7 Å². The molecule has 3 heteroatoms. The fourth-order valence-corrected chi connectivity index (χ4v) is 8.59. The zero-order valence-electron chi connectivity index (χ0n) is 29.8. The van der Waals surface area contributed by atoms with Crippen molar-refractivity contribution in [3.05, 3.63) is 163 Å². The minimum absolute atomic E-state index is 0.0766. The van der Waals surface area contributed by atoms with E-state index in [9.17, 15) is 0 Å². The molecule has 0 spiro atoms. The first-order valence-corrected chi connectivity index (χ1v) is 18.1. The minimum atomic E-state index is -0.134. The average molecular weight is 668 g/mol. The molecule has 0 fully saturated rings. The molecule has 10 rings (SSSR count). The molecule has 248 valence electrons. The second-order valence-corrected chi connectivity index (χ2v) is 15.2. The normalized spacial score (nSPS) is 14.5. The Labute approximate surface area is 303 Å². The van der Waals surface area contributed by atoms with Crippen molar-refractivity contribution in [3.63, 3.8) is 0 Å². The fourth-order valence-electron chi connectivity index (χ4n) is 8.59. The van der Waals surface area contributed by atoms with Crippen molar-refractivity contribution < 1.29 is 0 Å². The highest BCUT2D eigenvalue weighted by molar-refractivity contribution is 6.27. The molecule has 0 radical (unpaired) electrons. The van der Waals surface area contributed by atoms with E-state index >= 15 is 0 Å². The van der Waals surface area contributed by atoms with Gasteiger partial charge in [0, 0.05) is 22.1 Å². The highest BCUT2D eigenvalue weighted by Gasteiger charge is 2.45. The molecule has 8 aromatic carbocycles. The van der Waals surface area contributed by atoms with Crippen LogP contribution in [0.15, 0.2) is 152 Å². The number of benzene rings is 8. The molecule has 0 bridgehead atoms. The Hall–Kier alpha value is -6.19. The van der Waals surface area contributed by atoms with E-state index < -0.39 is 0 Å². The molecule has 1 aliphatic rings. The van der Waals surface area contributed by atoms with Crippen LogP contribution in [0.3, 0.4) is 0 Å².